The number of benzene rings is 1. The number of aliphatic hydroxyl groups is 1. The summed E-state index contributed by atoms with van der Waals surface area (Å²) in [4.78, 5) is 0.108. The first kappa shape index (κ1) is 14.0. The minimum Gasteiger partial charge on any atom is -0.399 e. The number of nitrogen functional groups attached to an aromatic ring is 1. The maximum atomic E-state index is 12.0. The van der Waals surface area contributed by atoms with Crippen LogP contribution >= 0.6 is 0 Å². The summed E-state index contributed by atoms with van der Waals surface area (Å²) in [6, 6.07) is 5.55. The summed E-state index contributed by atoms with van der Waals surface area (Å²) >= 11 is 0. The van der Waals surface area contributed by atoms with Crippen molar-refractivity contribution in [2.24, 2.45) is 5.92 Å². The fraction of sp³-hybridized carbons (Fsp3) is 0.455. The van der Waals surface area contributed by atoms with E-state index in [1.807, 2.05) is 13.8 Å². The summed E-state index contributed by atoms with van der Waals surface area (Å²) in [6.07, 6.45) is 0. The van der Waals surface area contributed by atoms with E-state index in [0.29, 0.717) is 5.69 Å². The number of anilines is 1. The van der Waals surface area contributed by atoms with Crippen molar-refractivity contribution in [2.75, 3.05) is 12.3 Å². The van der Waals surface area contributed by atoms with Gasteiger partial charge in [0.05, 0.1) is 11.5 Å². The van der Waals surface area contributed by atoms with Gasteiger partial charge in [-0.05, 0) is 24.1 Å². The molecule has 96 valence electrons. The summed E-state index contributed by atoms with van der Waals surface area (Å²) in [6.45, 7) is 3.44. The van der Waals surface area contributed by atoms with Crippen molar-refractivity contribution in [3.63, 3.8) is 0 Å². The minimum absolute atomic E-state index is 0.0100. The van der Waals surface area contributed by atoms with Crippen molar-refractivity contribution < 1.29 is 13.5 Å². The monoisotopic (exact) mass is 258 g/mol. The lowest BCUT2D eigenvalue weighted by Crippen LogP contribution is -2.41. The van der Waals surface area contributed by atoms with Gasteiger partial charge in [-0.1, -0.05) is 19.9 Å². The van der Waals surface area contributed by atoms with Crippen LogP contribution < -0.4 is 10.5 Å². The first-order chi connectivity index (χ1) is 7.86. The molecule has 0 radical (unpaired) electrons. The molecule has 0 aliphatic carbocycles. The summed E-state index contributed by atoms with van der Waals surface area (Å²) in [5.41, 5.74) is 5.92. The van der Waals surface area contributed by atoms with E-state index in [9.17, 15) is 8.42 Å². The zero-order chi connectivity index (χ0) is 13.1. The normalized spacial score (nSPS) is 13.9. The van der Waals surface area contributed by atoms with Crippen LogP contribution in [-0.2, 0) is 10.0 Å². The Balaban J connectivity index is 2.96. The van der Waals surface area contributed by atoms with Crippen molar-refractivity contribution in [1.82, 2.24) is 4.72 Å². The van der Waals surface area contributed by atoms with Gasteiger partial charge in [0.1, 0.15) is 0 Å². The standard InChI is InChI=1S/C11H18N2O3S/c1-8(2)11(7-14)13-17(15,16)10-5-3-4-9(12)6-10/h3-6,8,11,13-14H,7,12H2,1-2H3. The highest BCUT2D eigenvalue weighted by atomic mass is 32.2. The third-order valence-corrected chi connectivity index (χ3v) is 3.96. The Morgan fingerprint density at radius 1 is 1.41 bits per heavy atom. The second-order valence-electron chi connectivity index (χ2n) is 4.23. The summed E-state index contributed by atoms with van der Waals surface area (Å²) in [7, 11) is -3.63. The molecular weight excluding hydrogens is 240 g/mol. The maximum Gasteiger partial charge on any atom is 0.240 e. The van der Waals surface area contributed by atoms with Crippen LogP contribution in [0.3, 0.4) is 0 Å². The van der Waals surface area contributed by atoms with Gasteiger partial charge < -0.3 is 10.8 Å². The molecule has 0 aliphatic heterocycles. The Morgan fingerprint density at radius 3 is 2.53 bits per heavy atom. The van der Waals surface area contributed by atoms with Crippen molar-refractivity contribution >= 4 is 15.7 Å². The Bertz CT molecular complexity index is 471. The molecule has 1 unspecified atom stereocenters. The number of aliphatic hydroxyl groups excluding tert-OH is 1. The van der Waals surface area contributed by atoms with Gasteiger partial charge in [-0.25, -0.2) is 13.1 Å². The molecule has 0 saturated heterocycles. The first-order valence-electron chi connectivity index (χ1n) is 5.35. The molecule has 0 spiro atoms. The van der Waals surface area contributed by atoms with Crippen LogP contribution in [0.4, 0.5) is 5.69 Å². The van der Waals surface area contributed by atoms with Crippen LogP contribution in [0.25, 0.3) is 0 Å². The van der Waals surface area contributed by atoms with Crippen LogP contribution in [0.5, 0.6) is 0 Å². The first-order valence-corrected chi connectivity index (χ1v) is 6.84. The topological polar surface area (TPSA) is 92.4 Å². The van der Waals surface area contributed by atoms with Gasteiger partial charge >= 0.3 is 0 Å². The predicted molar refractivity (Wildman–Crippen MR) is 66.9 cm³/mol. The number of nitrogens with one attached hydrogen (secondary N) is 1. The number of hydrogen-bond donors (Lipinski definition) is 3. The SMILES string of the molecule is CC(C)C(CO)NS(=O)(=O)c1cccc(N)c1. The number of nitrogens with two attached hydrogens (primary N) is 1. The second-order valence-corrected chi connectivity index (χ2v) is 5.94. The zero-order valence-corrected chi connectivity index (χ0v) is 10.7. The van der Waals surface area contributed by atoms with Crippen molar-refractivity contribution in [2.45, 2.75) is 24.8 Å². The molecule has 5 nitrogen and oxygen atoms in total. The molecule has 6 heteroatoms. The lowest BCUT2D eigenvalue weighted by molar-refractivity contribution is 0.227. The molecular formula is C11H18N2O3S. The molecule has 1 aromatic carbocycles. The van der Waals surface area contributed by atoms with Crippen molar-refractivity contribution in [3.05, 3.63) is 24.3 Å². The van der Waals surface area contributed by atoms with Crippen LogP contribution in [0.15, 0.2) is 29.2 Å². The molecule has 4 N–H and O–H groups in total. The van der Waals surface area contributed by atoms with E-state index >= 15 is 0 Å². The number of hydrogen-bond acceptors (Lipinski definition) is 4. The highest BCUT2D eigenvalue weighted by molar-refractivity contribution is 7.89. The molecule has 1 aromatic rings. The zero-order valence-electron chi connectivity index (χ0n) is 9.92. The van der Waals surface area contributed by atoms with Crippen molar-refractivity contribution in [3.8, 4) is 0 Å². The molecule has 1 rings (SSSR count). The van der Waals surface area contributed by atoms with Gasteiger partial charge in [0.2, 0.25) is 10.0 Å². The molecule has 0 bridgehead atoms. The van der Waals surface area contributed by atoms with Gasteiger partial charge in [0.15, 0.2) is 0 Å². The van der Waals surface area contributed by atoms with Crippen LogP contribution in [0, 0.1) is 5.92 Å². The van der Waals surface area contributed by atoms with E-state index in [0.717, 1.165) is 0 Å². The average molecular weight is 258 g/mol. The molecule has 0 amide bonds. The van der Waals surface area contributed by atoms with Gasteiger partial charge in [-0.3, -0.25) is 0 Å². The third-order valence-electron chi connectivity index (χ3n) is 2.48. The summed E-state index contributed by atoms with van der Waals surface area (Å²) in [5.74, 6) is 0.0100. The highest BCUT2D eigenvalue weighted by Crippen LogP contribution is 2.14. The Hall–Kier alpha value is -1.11. The van der Waals surface area contributed by atoms with Gasteiger partial charge in [0.25, 0.3) is 0 Å². The molecule has 0 saturated carbocycles. The average Bonchev–Trinajstić information content (AvgIpc) is 2.25. The smallest absolute Gasteiger partial charge is 0.240 e. The van der Waals surface area contributed by atoms with E-state index in [2.05, 4.69) is 4.72 Å². The quantitative estimate of drug-likeness (QED) is 0.673. The maximum absolute atomic E-state index is 12.0. The van der Waals surface area contributed by atoms with E-state index in [1.54, 1.807) is 12.1 Å². The second kappa shape index (κ2) is 5.48. The third kappa shape index (κ3) is 3.69. The summed E-state index contributed by atoms with van der Waals surface area (Å²) < 4.78 is 26.4. The fourth-order valence-corrected chi connectivity index (χ4v) is 2.76. The van der Waals surface area contributed by atoms with E-state index < -0.39 is 16.1 Å². The van der Waals surface area contributed by atoms with E-state index in [1.165, 1.54) is 12.1 Å². The lowest BCUT2D eigenvalue weighted by Gasteiger charge is -2.19. The lowest BCUT2D eigenvalue weighted by atomic mass is 10.1. The van der Waals surface area contributed by atoms with Crippen molar-refractivity contribution in [1.29, 1.82) is 0 Å². The highest BCUT2D eigenvalue weighted by Gasteiger charge is 2.21. The molecule has 0 heterocycles. The molecule has 0 fully saturated rings. The number of rotatable bonds is 5. The fourth-order valence-electron chi connectivity index (χ4n) is 1.33. The molecule has 17 heavy (non-hydrogen) atoms. The minimum atomic E-state index is -3.63. The Kier molecular flexibility index (Phi) is 4.50. The Morgan fingerprint density at radius 2 is 2.06 bits per heavy atom. The summed E-state index contributed by atoms with van der Waals surface area (Å²) in [5, 5.41) is 9.11. The van der Waals surface area contributed by atoms with E-state index in [-0.39, 0.29) is 17.4 Å². The van der Waals surface area contributed by atoms with Gasteiger partial charge in [-0.2, -0.15) is 0 Å². The van der Waals surface area contributed by atoms with Gasteiger partial charge in [-0.15, -0.1) is 0 Å². The molecule has 0 aromatic heterocycles. The van der Waals surface area contributed by atoms with Crippen LogP contribution in [-0.4, -0.2) is 26.2 Å². The molecule has 1 atom stereocenters. The van der Waals surface area contributed by atoms with Crippen LogP contribution in [0.2, 0.25) is 0 Å². The number of sulfonamides is 1. The van der Waals surface area contributed by atoms with Crippen LogP contribution in [0.1, 0.15) is 13.8 Å². The molecule has 0 aliphatic rings. The largest absolute Gasteiger partial charge is 0.399 e. The predicted octanol–water partition coefficient (Wildman–Crippen LogP) is 0.564. The van der Waals surface area contributed by atoms with Gasteiger partial charge in [0, 0.05) is 11.7 Å². The van der Waals surface area contributed by atoms with E-state index in [4.69, 9.17) is 10.8 Å². The Labute approximate surface area is 102 Å².